The lowest BCUT2D eigenvalue weighted by Crippen LogP contribution is -2.22. The summed E-state index contributed by atoms with van der Waals surface area (Å²) >= 11 is 0. The summed E-state index contributed by atoms with van der Waals surface area (Å²) < 4.78 is 4.80. The molecule has 1 N–H and O–H groups in total. The van der Waals surface area contributed by atoms with Crippen LogP contribution in [-0.2, 0) is 14.3 Å². The Morgan fingerprint density at radius 1 is 1.25 bits per heavy atom. The van der Waals surface area contributed by atoms with E-state index in [1.165, 1.54) is 0 Å². The molecule has 0 spiro atoms. The van der Waals surface area contributed by atoms with E-state index in [1.54, 1.807) is 20.8 Å². The number of aliphatic carboxylic acids is 1. The second-order valence-corrected chi connectivity index (χ2v) is 3.21. The second kappa shape index (κ2) is 3.90. The number of carboxylic acid groups (broad SMARTS) is 1. The molecule has 68 valence electrons. The van der Waals surface area contributed by atoms with E-state index < -0.39 is 17.5 Å². The van der Waals surface area contributed by atoms with Crippen molar-refractivity contribution in [3.05, 3.63) is 12.2 Å². The molecule has 0 saturated heterocycles. The van der Waals surface area contributed by atoms with Crippen LogP contribution in [0.25, 0.3) is 0 Å². The number of rotatable bonds is 2. The highest BCUT2D eigenvalue weighted by atomic mass is 16.6. The van der Waals surface area contributed by atoms with E-state index in [0.717, 1.165) is 12.2 Å². The molecule has 0 aliphatic heterocycles. The standard InChI is InChI=1S/C8H12O4/c1-8(2,3)12-7(11)5-4-6(9)10/h4-5H,1-3H3,(H,9,10). The van der Waals surface area contributed by atoms with Crippen LogP contribution in [0.5, 0.6) is 0 Å². The minimum Gasteiger partial charge on any atom is -0.478 e. The van der Waals surface area contributed by atoms with Gasteiger partial charge >= 0.3 is 11.9 Å². The molecule has 0 radical (unpaired) electrons. The van der Waals surface area contributed by atoms with E-state index >= 15 is 0 Å². The third-order valence-electron chi connectivity index (χ3n) is 0.769. The predicted octanol–water partition coefficient (Wildman–Crippen LogP) is 0.969. The van der Waals surface area contributed by atoms with Crippen molar-refractivity contribution >= 4 is 11.9 Å². The van der Waals surface area contributed by atoms with E-state index in [2.05, 4.69) is 0 Å². The minimum absolute atomic E-state index is 0.583. The van der Waals surface area contributed by atoms with Crippen LogP contribution in [0.15, 0.2) is 12.2 Å². The van der Waals surface area contributed by atoms with Gasteiger partial charge in [0.25, 0.3) is 0 Å². The van der Waals surface area contributed by atoms with Crippen LogP contribution >= 0.6 is 0 Å². The number of carbonyl (C=O) groups excluding carboxylic acids is 1. The molecule has 4 heteroatoms. The Kier molecular flexibility index (Phi) is 3.47. The van der Waals surface area contributed by atoms with Gasteiger partial charge in [0.05, 0.1) is 0 Å². The molecular formula is C8H12O4. The van der Waals surface area contributed by atoms with E-state index in [-0.39, 0.29) is 0 Å². The molecule has 0 aromatic carbocycles. The topological polar surface area (TPSA) is 63.6 Å². The van der Waals surface area contributed by atoms with Crippen molar-refractivity contribution in [2.24, 2.45) is 0 Å². The van der Waals surface area contributed by atoms with Crippen LogP contribution in [0, 0.1) is 0 Å². The van der Waals surface area contributed by atoms with E-state index in [9.17, 15) is 9.59 Å². The van der Waals surface area contributed by atoms with Gasteiger partial charge in [0.2, 0.25) is 0 Å². The van der Waals surface area contributed by atoms with Gasteiger partial charge in [-0.25, -0.2) is 9.59 Å². The third kappa shape index (κ3) is 6.80. The van der Waals surface area contributed by atoms with Gasteiger partial charge in [0.15, 0.2) is 0 Å². The van der Waals surface area contributed by atoms with Crippen LogP contribution in [0.1, 0.15) is 20.8 Å². The van der Waals surface area contributed by atoms with Gasteiger partial charge in [0, 0.05) is 12.2 Å². The summed E-state index contributed by atoms with van der Waals surface area (Å²) in [5, 5.41) is 8.17. The van der Waals surface area contributed by atoms with Gasteiger partial charge in [-0.05, 0) is 20.8 Å². The Hall–Kier alpha value is -1.32. The Bertz CT molecular complexity index is 210. The summed E-state index contributed by atoms with van der Waals surface area (Å²) in [7, 11) is 0. The normalized spacial score (nSPS) is 11.6. The molecule has 0 aromatic rings. The number of carbonyl (C=O) groups is 2. The van der Waals surface area contributed by atoms with Gasteiger partial charge in [-0.2, -0.15) is 0 Å². The fourth-order valence-corrected chi connectivity index (χ4v) is 0.475. The van der Waals surface area contributed by atoms with Crippen LogP contribution in [0.2, 0.25) is 0 Å². The highest BCUT2D eigenvalue weighted by Crippen LogP contribution is 2.06. The van der Waals surface area contributed by atoms with Crippen LogP contribution in [-0.4, -0.2) is 22.6 Å². The summed E-state index contributed by atoms with van der Waals surface area (Å²) in [4.78, 5) is 20.8. The lowest BCUT2D eigenvalue weighted by atomic mass is 10.2. The fourth-order valence-electron chi connectivity index (χ4n) is 0.475. The van der Waals surface area contributed by atoms with Gasteiger partial charge < -0.3 is 9.84 Å². The monoisotopic (exact) mass is 172 g/mol. The maximum absolute atomic E-state index is 10.8. The highest BCUT2D eigenvalue weighted by Gasteiger charge is 2.13. The maximum Gasteiger partial charge on any atom is 0.331 e. The molecule has 0 bridgehead atoms. The van der Waals surface area contributed by atoms with Crippen LogP contribution < -0.4 is 0 Å². The Morgan fingerprint density at radius 2 is 1.75 bits per heavy atom. The molecule has 0 fully saturated rings. The number of hydrogen-bond acceptors (Lipinski definition) is 3. The average Bonchev–Trinajstić information content (AvgIpc) is 1.79. The molecule has 0 heterocycles. The van der Waals surface area contributed by atoms with Crippen molar-refractivity contribution in [2.75, 3.05) is 0 Å². The molecule has 0 aliphatic carbocycles. The SMILES string of the molecule is CC(C)(C)OC(=O)C=CC(=O)O. The summed E-state index contributed by atoms with van der Waals surface area (Å²) in [5.74, 6) is -1.81. The molecule has 0 saturated carbocycles. The van der Waals surface area contributed by atoms with E-state index in [4.69, 9.17) is 9.84 Å². The Balaban J connectivity index is 3.99. The first kappa shape index (κ1) is 10.7. The Labute approximate surface area is 70.8 Å². The predicted molar refractivity (Wildman–Crippen MR) is 42.6 cm³/mol. The number of hydrogen-bond donors (Lipinski definition) is 1. The molecule has 0 aromatic heterocycles. The van der Waals surface area contributed by atoms with Crippen molar-refractivity contribution in [1.82, 2.24) is 0 Å². The van der Waals surface area contributed by atoms with Crippen molar-refractivity contribution in [3.8, 4) is 0 Å². The highest BCUT2D eigenvalue weighted by molar-refractivity contribution is 5.90. The third-order valence-corrected chi connectivity index (χ3v) is 0.769. The van der Waals surface area contributed by atoms with Gasteiger partial charge in [-0.15, -0.1) is 0 Å². The zero-order valence-corrected chi connectivity index (χ0v) is 7.33. The quantitative estimate of drug-likeness (QED) is 0.498. The van der Waals surface area contributed by atoms with Crippen molar-refractivity contribution in [1.29, 1.82) is 0 Å². The zero-order valence-electron chi connectivity index (χ0n) is 7.33. The molecule has 0 unspecified atom stereocenters. The van der Waals surface area contributed by atoms with E-state index in [1.807, 2.05) is 0 Å². The molecular weight excluding hydrogens is 160 g/mol. The summed E-state index contributed by atoms with van der Waals surface area (Å²) in [6.07, 6.45) is 1.63. The average molecular weight is 172 g/mol. The Morgan fingerprint density at radius 3 is 2.08 bits per heavy atom. The number of ether oxygens (including phenoxy) is 1. The molecule has 0 amide bonds. The minimum atomic E-state index is -1.17. The van der Waals surface area contributed by atoms with Crippen LogP contribution in [0.3, 0.4) is 0 Å². The fraction of sp³-hybridized carbons (Fsp3) is 0.500. The molecule has 12 heavy (non-hydrogen) atoms. The number of esters is 1. The summed E-state index contributed by atoms with van der Waals surface area (Å²) in [5.41, 5.74) is -0.583. The van der Waals surface area contributed by atoms with Gasteiger partial charge in [0.1, 0.15) is 5.60 Å². The van der Waals surface area contributed by atoms with Crippen molar-refractivity contribution < 1.29 is 19.4 Å². The molecule has 0 aliphatic rings. The van der Waals surface area contributed by atoms with E-state index in [0.29, 0.717) is 0 Å². The van der Waals surface area contributed by atoms with Gasteiger partial charge in [-0.3, -0.25) is 0 Å². The molecule has 0 rings (SSSR count). The van der Waals surface area contributed by atoms with Crippen molar-refractivity contribution in [2.45, 2.75) is 26.4 Å². The first-order valence-electron chi connectivity index (χ1n) is 3.45. The van der Waals surface area contributed by atoms with Gasteiger partial charge in [-0.1, -0.05) is 0 Å². The lowest BCUT2D eigenvalue weighted by Gasteiger charge is -2.17. The smallest absolute Gasteiger partial charge is 0.331 e. The maximum atomic E-state index is 10.8. The lowest BCUT2D eigenvalue weighted by molar-refractivity contribution is -0.148. The van der Waals surface area contributed by atoms with Crippen LogP contribution in [0.4, 0.5) is 0 Å². The van der Waals surface area contributed by atoms with Crippen molar-refractivity contribution in [3.63, 3.8) is 0 Å². The first-order valence-corrected chi connectivity index (χ1v) is 3.45. The summed E-state index contributed by atoms with van der Waals surface area (Å²) in [6.45, 7) is 5.12. The molecule has 0 atom stereocenters. The first-order chi connectivity index (χ1) is 5.31. The zero-order chi connectivity index (χ0) is 9.78. The molecule has 4 nitrogen and oxygen atoms in total. The largest absolute Gasteiger partial charge is 0.478 e. The summed E-state index contributed by atoms with van der Waals surface area (Å²) in [6, 6.07) is 0. The second-order valence-electron chi connectivity index (χ2n) is 3.21. The number of carboxylic acids is 1.